The molecule has 4 fully saturated rings. The van der Waals surface area contributed by atoms with Crippen LogP contribution in [0.5, 0.6) is 5.75 Å². The molecular formula is C44H49FN10O4. The van der Waals surface area contributed by atoms with Crippen LogP contribution in [0, 0.1) is 0 Å². The number of para-hydroxylation sites is 1. The zero-order valence-electron chi connectivity index (χ0n) is 33.0. The lowest BCUT2D eigenvalue weighted by atomic mass is 9.89. The number of pyridine rings is 1. The predicted molar refractivity (Wildman–Crippen MR) is 223 cm³/mol. The van der Waals surface area contributed by atoms with E-state index in [0.29, 0.717) is 67.3 Å². The number of nitrogens with zero attached hydrogens (tertiary/aromatic N) is 8. The van der Waals surface area contributed by atoms with Gasteiger partial charge in [0.15, 0.2) is 5.82 Å². The van der Waals surface area contributed by atoms with E-state index < -0.39 is 11.7 Å². The number of phenolic OH excluding ortho intramolecular Hbond substituents is 1. The van der Waals surface area contributed by atoms with Gasteiger partial charge in [-0.25, -0.2) is 14.2 Å². The number of piperidine rings is 3. The number of halogens is 1. The third-order valence-corrected chi connectivity index (χ3v) is 12.7. The summed E-state index contributed by atoms with van der Waals surface area (Å²) in [4.78, 5) is 50.0. The fourth-order valence-corrected chi connectivity index (χ4v) is 9.33. The van der Waals surface area contributed by atoms with E-state index in [1.165, 1.54) is 4.90 Å². The van der Waals surface area contributed by atoms with Crippen molar-refractivity contribution in [1.82, 2.24) is 34.9 Å². The Balaban J connectivity index is 0.761. The van der Waals surface area contributed by atoms with E-state index in [1.807, 2.05) is 54.7 Å². The highest BCUT2D eigenvalue weighted by Gasteiger charge is 2.39. The molecule has 0 bridgehead atoms. The van der Waals surface area contributed by atoms with E-state index in [-0.39, 0.29) is 35.9 Å². The number of phenols is 1. The molecule has 306 valence electrons. The lowest BCUT2D eigenvalue weighted by molar-refractivity contribution is -0.120. The molecule has 0 aliphatic carbocycles. The molecule has 4 saturated heterocycles. The number of aromatic nitrogens is 4. The number of hydrogen-bond donors (Lipinski definition) is 3. The summed E-state index contributed by atoms with van der Waals surface area (Å²) in [6.07, 6.45) is 8.31. The second-order valence-electron chi connectivity index (χ2n) is 16.5. The number of carbonyl (C=O) groups excluding carboxylic acids is 3. The van der Waals surface area contributed by atoms with Crippen LogP contribution < -0.4 is 20.9 Å². The Morgan fingerprint density at radius 3 is 2.47 bits per heavy atom. The zero-order chi connectivity index (χ0) is 40.7. The van der Waals surface area contributed by atoms with E-state index in [2.05, 4.69) is 29.9 Å². The number of nitrogens with one attached hydrogen (secondary N) is 1. The van der Waals surface area contributed by atoms with E-state index in [1.54, 1.807) is 29.3 Å². The van der Waals surface area contributed by atoms with Crippen LogP contribution in [-0.2, 0) is 4.79 Å². The Labute approximate surface area is 341 Å². The molecule has 4 aliphatic rings. The minimum Gasteiger partial charge on any atom is -0.507 e. The first-order chi connectivity index (χ1) is 28.6. The lowest BCUT2D eigenvalue weighted by Crippen LogP contribution is -2.51. The number of anilines is 3. The monoisotopic (exact) mass is 800 g/mol. The molecule has 1 atom stereocenters. The van der Waals surface area contributed by atoms with Gasteiger partial charge < -0.3 is 30.1 Å². The summed E-state index contributed by atoms with van der Waals surface area (Å²) in [7, 11) is 0. The predicted octanol–water partition coefficient (Wildman–Crippen LogP) is 5.89. The summed E-state index contributed by atoms with van der Waals surface area (Å²) in [5.74, 6) is 0.383. The fraction of sp³-hybridized carbons (Fsp3) is 0.409. The van der Waals surface area contributed by atoms with Crippen LogP contribution >= 0.6 is 0 Å². The fourth-order valence-electron chi connectivity index (χ4n) is 9.33. The normalized spacial score (nSPS) is 20.6. The third kappa shape index (κ3) is 7.90. The van der Waals surface area contributed by atoms with Crippen LogP contribution in [0.4, 0.5) is 26.4 Å². The maximum Gasteiger partial charge on any atom is 0.328 e. The molecule has 2 aromatic carbocycles. The Morgan fingerprint density at radius 1 is 0.932 bits per heavy atom. The van der Waals surface area contributed by atoms with Gasteiger partial charge in [-0.05, 0) is 73.7 Å². The van der Waals surface area contributed by atoms with Crippen molar-refractivity contribution in [1.29, 1.82) is 0 Å². The standard InChI is InChI=1S/C44H49FN10O4/c45-44(28-51-18-12-33(13-19-51)54-20-11-31-24-34(26-47-41(31)54)55-21-14-39(57)48-43(55)59)15-22-52(23-16-44)42(58)30-9-7-29(8-10-30)32-4-3-17-53(27-32)37-25-36(49-50-40(37)46)35-5-1-2-6-38(35)56/h1-2,5-11,20,24-26,32-33,56H,3-4,12-19,21-23,27-28H2,(H2,46,50)(H,48,57,59)/t32-/m0/s1. The molecule has 0 saturated carbocycles. The topological polar surface area (TPSA) is 166 Å². The Bertz CT molecular complexity index is 2370. The summed E-state index contributed by atoms with van der Waals surface area (Å²) >= 11 is 0. The number of benzene rings is 2. The van der Waals surface area contributed by atoms with Gasteiger partial charge in [0.25, 0.3) is 5.91 Å². The first kappa shape index (κ1) is 38.4. The molecule has 4 amide bonds. The van der Waals surface area contributed by atoms with E-state index in [0.717, 1.165) is 74.1 Å². The van der Waals surface area contributed by atoms with Crippen molar-refractivity contribution >= 4 is 46.1 Å². The van der Waals surface area contributed by atoms with Gasteiger partial charge in [-0.15, -0.1) is 10.2 Å². The van der Waals surface area contributed by atoms with Crippen LogP contribution in [0.15, 0.2) is 79.1 Å². The van der Waals surface area contributed by atoms with Gasteiger partial charge in [-0.1, -0.05) is 24.3 Å². The lowest BCUT2D eigenvalue weighted by Gasteiger charge is -2.41. The molecule has 0 radical (unpaired) electrons. The van der Waals surface area contributed by atoms with Gasteiger partial charge in [-0.2, -0.15) is 0 Å². The van der Waals surface area contributed by atoms with Gasteiger partial charge in [-0.3, -0.25) is 19.8 Å². The third-order valence-electron chi connectivity index (χ3n) is 12.7. The summed E-state index contributed by atoms with van der Waals surface area (Å²) < 4.78 is 18.5. The molecule has 9 rings (SSSR count). The van der Waals surface area contributed by atoms with Crippen LogP contribution in [0.25, 0.3) is 22.3 Å². The maximum absolute atomic E-state index is 16.3. The second kappa shape index (κ2) is 15.9. The van der Waals surface area contributed by atoms with E-state index in [4.69, 9.17) is 10.7 Å². The molecule has 0 spiro atoms. The van der Waals surface area contributed by atoms with Gasteiger partial charge in [0, 0.05) is 106 Å². The number of urea groups is 1. The molecule has 15 heteroatoms. The number of amides is 4. The number of nitrogens with two attached hydrogens (primary N) is 1. The number of imide groups is 1. The Hall–Kier alpha value is -6.09. The molecule has 3 aromatic heterocycles. The first-order valence-electron chi connectivity index (χ1n) is 20.7. The average molecular weight is 801 g/mol. The zero-order valence-corrected chi connectivity index (χ0v) is 33.0. The van der Waals surface area contributed by atoms with Crippen molar-refractivity contribution in [2.45, 2.75) is 62.6 Å². The van der Waals surface area contributed by atoms with Crippen molar-refractivity contribution in [2.75, 3.05) is 67.9 Å². The highest BCUT2D eigenvalue weighted by Crippen LogP contribution is 2.37. The molecule has 7 heterocycles. The number of rotatable bonds is 8. The SMILES string of the molecule is Nc1nnc(-c2ccccc2O)cc1N1CCC[C@H](c2ccc(C(=O)N3CCC(F)(CN4CCC(n5ccc6cc(N7CCC(=O)NC7=O)cnc65)CC4)CC3)cc2)C1. The Kier molecular flexibility index (Phi) is 10.4. The van der Waals surface area contributed by atoms with Gasteiger partial charge >= 0.3 is 6.03 Å². The maximum atomic E-state index is 16.3. The minimum atomic E-state index is -1.35. The van der Waals surface area contributed by atoms with Gasteiger partial charge in [0.05, 0.1) is 23.3 Å². The van der Waals surface area contributed by atoms with Gasteiger partial charge in [0.1, 0.15) is 17.1 Å². The average Bonchev–Trinajstić information content (AvgIpc) is 3.68. The number of fused-ring (bicyclic) bond motifs is 1. The molecule has 4 N–H and O–H groups in total. The number of likely N-dealkylation sites (tertiary alicyclic amines) is 2. The number of aromatic hydroxyl groups is 1. The van der Waals surface area contributed by atoms with Crippen LogP contribution in [0.2, 0.25) is 0 Å². The summed E-state index contributed by atoms with van der Waals surface area (Å²) in [6, 6.07) is 20.6. The summed E-state index contributed by atoms with van der Waals surface area (Å²) in [5, 5.41) is 22.1. The molecule has 14 nitrogen and oxygen atoms in total. The Morgan fingerprint density at radius 2 is 1.71 bits per heavy atom. The summed E-state index contributed by atoms with van der Waals surface area (Å²) in [6.45, 7) is 4.56. The summed E-state index contributed by atoms with van der Waals surface area (Å²) in [5.41, 5.74) is 10.2. The van der Waals surface area contributed by atoms with Crippen molar-refractivity contribution in [3.63, 3.8) is 0 Å². The smallest absolute Gasteiger partial charge is 0.328 e. The van der Waals surface area contributed by atoms with Gasteiger partial charge in [0.2, 0.25) is 5.91 Å². The van der Waals surface area contributed by atoms with Crippen LogP contribution in [0.3, 0.4) is 0 Å². The highest BCUT2D eigenvalue weighted by molar-refractivity contribution is 6.06. The van der Waals surface area contributed by atoms with Crippen molar-refractivity contribution in [2.24, 2.45) is 0 Å². The molecule has 0 unspecified atom stereocenters. The van der Waals surface area contributed by atoms with Crippen molar-refractivity contribution in [3.8, 4) is 17.0 Å². The number of alkyl halides is 1. The minimum absolute atomic E-state index is 0.0639. The number of nitrogen functional groups attached to an aromatic ring is 1. The van der Waals surface area contributed by atoms with Crippen LogP contribution in [0.1, 0.15) is 72.8 Å². The quantitative estimate of drug-likeness (QED) is 0.172. The molecule has 4 aliphatic heterocycles. The second-order valence-corrected chi connectivity index (χ2v) is 16.5. The van der Waals surface area contributed by atoms with E-state index >= 15 is 4.39 Å². The first-order valence-corrected chi connectivity index (χ1v) is 20.7. The number of carbonyl (C=O) groups is 3. The highest BCUT2D eigenvalue weighted by atomic mass is 19.1. The van der Waals surface area contributed by atoms with Crippen LogP contribution in [-0.4, -0.2) is 111 Å². The number of hydrogen-bond acceptors (Lipinski definition) is 10. The van der Waals surface area contributed by atoms with Crippen molar-refractivity contribution < 1.29 is 23.9 Å². The molecular weight excluding hydrogens is 752 g/mol. The largest absolute Gasteiger partial charge is 0.507 e. The molecule has 59 heavy (non-hydrogen) atoms. The van der Waals surface area contributed by atoms with E-state index in [9.17, 15) is 19.5 Å². The molecule has 5 aromatic rings. The van der Waals surface area contributed by atoms with Crippen molar-refractivity contribution in [3.05, 3.63) is 90.3 Å².